The molecule has 0 radical (unpaired) electrons. The molecule has 1 aliphatic rings. The van der Waals surface area contributed by atoms with Crippen LogP contribution in [0.4, 0.5) is 0 Å². The third-order valence-electron chi connectivity index (χ3n) is 3.83. The molecule has 1 saturated heterocycles. The van der Waals surface area contributed by atoms with Gasteiger partial charge in [-0.05, 0) is 19.0 Å². The Morgan fingerprint density at radius 3 is 2.85 bits per heavy atom. The molecule has 0 bridgehead atoms. The topological polar surface area (TPSA) is 44.4 Å². The highest BCUT2D eigenvalue weighted by molar-refractivity contribution is 5.78. The summed E-state index contributed by atoms with van der Waals surface area (Å²) in [6.45, 7) is 5.67. The third-order valence-corrected chi connectivity index (χ3v) is 3.83. The van der Waals surface area contributed by atoms with Gasteiger partial charge in [0.15, 0.2) is 0 Å². The molecule has 1 amide bonds. The van der Waals surface area contributed by atoms with Crippen molar-refractivity contribution >= 4 is 5.91 Å². The molecule has 110 valence electrons. The zero-order valence-corrected chi connectivity index (χ0v) is 12.4. The van der Waals surface area contributed by atoms with Gasteiger partial charge in [0.1, 0.15) is 0 Å². The zero-order chi connectivity index (χ0) is 14.4. The first-order valence-electron chi connectivity index (χ1n) is 7.40. The molecule has 2 rings (SSSR count). The van der Waals surface area contributed by atoms with Crippen molar-refractivity contribution in [3.63, 3.8) is 0 Å². The van der Waals surface area contributed by atoms with E-state index in [4.69, 9.17) is 0 Å². The van der Waals surface area contributed by atoms with Gasteiger partial charge in [-0.15, -0.1) is 0 Å². The summed E-state index contributed by atoms with van der Waals surface area (Å²) < 4.78 is 0. The molecule has 0 aromatic heterocycles. The first-order valence-corrected chi connectivity index (χ1v) is 7.40. The fraction of sp³-hybridized carbons (Fsp3) is 0.562. The molecular weight excluding hydrogens is 250 g/mol. The number of likely N-dealkylation sites (tertiary alicyclic amines) is 1. The van der Waals surface area contributed by atoms with Crippen LogP contribution in [0, 0.1) is 5.92 Å². The van der Waals surface area contributed by atoms with Crippen molar-refractivity contribution in [1.29, 1.82) is 0 Å². The molecule has 2 atom stereocenters. The predicted molar refractivity (Wildman–Crippen MR) is 81.4 cm³/mol. The number of rotatable bonds is 6. The van der Waals surface area contributed by atoms with Crippen molar-refractivity contribution < 1.29 is 4.79 Å². The average molecular weight is 275 g/mol. The fourth-order valence-corrected chi connectivity index (χ4v) is 2.68. The van der Waals surface area contributed by atoms with E-state index in [9.17, 15) is 4.79 Å². The Morgan fingerprint density at radius 1 is 1.40 bits per heavy atom. The number of hydrogen-bond donors (Lipinski definition) is 2. The molecule has 1 aromatic rings. The molecule has 20 heavy (non-hydrogen) atoms. The lowest BCUT2D eigenvalue weighted by atomic mass is 10.1. The molecule has 0 saturated carbocycles. The number of nitrogens with one attached hydrogen (secondary N) is 2. The normalized spacial score (nSPS) is 20.8. The van der Waals surface area contributed by atoms with E-state index in [0.29, 0.717) is 6.04 Å². The summed E-state index contributed by atoms with van der Waals surface area (Å²) in [7, 11) is 1.88. The lowest BCUT2D eigenvalue weighted by Crippen LogP contribution is -2.42. The van der Waals surface area contributed by atoms with E-state index < -0.39 is 0 Å². The van der Waals surface area contributed by atoms with Crippen LogP contribution in [0.3, 0.4) is 0 Å². The average Bonchev–Trinajstić information content (AvgIpc) is 2.87. The van der Waals surface area contributed by atoms with Crippen molar-refractivity contribution in [3.8, 4) is 0 Å². The van der Waals surface area contributed by atoms with Crippen LogP contribution in [0.1, 0.15) is 18.9 Å². The van der Waals surface area contributed by atoms with Crippen LogP contribution < -0.4 is 10.6 Å². The molecule has 0 spiro atoms. The van der Waals surface area contributed by atoms with Crippen LogP contribution in [0.2, 0.25) is 0 Å². The minimum absolute atomic E-state index is 0.0307. The van der Waals surface area contributed by atoms with Crippen LogP contribution in [0.5, 0.6) is 0 Å². The lowest BCUT2D eigenvalue weighted by Gasteiger charge is -2.18. The van der Waals surface area contributed by atoms with Crippen LogP contribution in [-0.4, -0.2) is 43.5 Å². The van der Waals surface area contributed by atoms with Gasteiger partial charge in [0.25, 0.3) is 0 Å². The smallest absolute Gasteiger partial charge is 0.224 e. The van der Waals surface area contributed by atoms with Crippen LogP contribution in [-0.2, 0) is 11.3 Å². The van der Waals surface area contributed by atoms with Crippen molar-refractivity contribution in [2.75, 3.05) is 26.7 Å². The second-order valence-electron chi connectivity index (χ2n) is 5.67. The van der Waals surface area contributed by atoms with Crippen molar-refractivity contribution in [3.05, 3.63) is 35.9 Å². The van der Waals surface area contributed by atoms with Gasteiger partial charge in [-0.2, -0.15) is 0 Å². The molecule has 2 unspecified atom stereocenters. The monoisotopic (exact) mass is 275 g/mol. The molecule has 1 aromatic carbocycles. The van der Waals surface area contributed by atoms with Crippen molar-refractivity contribution in [2.45, 2.75) is 25.9 Å². The van der Waals surface area contributed by atoms with Gasteiger partial charge < -0.3 is 10.6 Å². The number of amides is 1. The first kappa shape index (κ1) is 15.0. The van der Waals surface area contributed by atoms with Crippen molar-refractivity contribution in [1.82, 2.24) is 15.5 Å². The van der Waals surface area contributed by atoms with E-state index in [-0.39, 0.29) is 11.8 Å². The van der Waals surface area contributed by atoms with E-state index in [1.807, 2.05) is 20.0 Å². The minimum atomic E-state index is 0.0307. The maximum absolute atomic E-state index is 12.0. The fourth-order valence-electron chi connectivity index (χ4n) is 2.68. The SMILES string of the molecule is CNCC(C)C(=O)NC1CCN(Cc2ccccc2)C1. The third kappa shape index (κ3) is 4.32. The van der Waals surface area contributed by atoms with E-state index in [0.717, 1.165) is 32.6 Å². The molecule has 4 nitrogen and oxygen atoms in total. The summed E-state index contributed by atoms with van der Waals surface area (Å²) in [4.78, 5) is 14.4. The predicted octanol–water partition coefficient (Wildman–Crippen LogP) is 1.23. The molecule has 0 aliphatic carbocycles. The molecular formula is C16H25N3O. The maximum atomic E-state index is 12.0. The van der Waals surface area contributed by atoms with E-state index in [2.05, 4.69) is 39.8 Å². The summed E-state index contributed by atoms with van der Waals surface area (Å²) in [6, 6.07) is 10.8. The Labute approximate surface area is 121 Å². The van der Waals surface area contributed by atoms with Gasteiger partial charge in [-0.3, -0.25) is 9.69 Å². The Balaban J connectivity index is 1.76. The molecule has 1 heterocycles. The van der Waals surface area contributed by atoms with Gasteiger partial charge in [0.2, 0.25) is 5.91 Å². The largest absolute Gasteiger partial charge is 0.352 e. The zero-order valence-electron chi connectivity index (χ0n) is 12.4. The summed E-state index contributed by atoms with van der Waals surface area (Å²) in [5.74, 6) is 0.189. The summed E-state index contributed by atoms with van der Waals surface area (Å²) >= 11 is 0. The second-order valence-corrected chi connectivity index (χ2v) is 5.67. The highest BCUT2D eigenvalue weighted by Gasteiger charge is 2.25. The Kier molecular flexibility index (Phi) is 5.56. The Hall–Kier alpha value is -1.39. The van der Waals surface area contributed by atoms with Gasteiger partial charge in [0, 0.05) is 38.1 Å². The second kappa shape index (κ2) is 7.41. The van der Waals surface area contributed by atoms with Crippen LogP contribution in [0.25, 0.3) is 0 Å². The highest BCUT2D eigenvalue weighted by atomic mass is 16.1. The van der Waals surface area contributed by atoms with Gasteiger partial charge in [0.05, 0.1) is 0 Å². The number of hydrogen-bond acceptors (Lipinski definition) is 3. The number of benzene rings is 1. The van der Waals surface area contributed by atoms with Crippen molar-refractivity contribution in [2.24, 2.45) is 5.92 Å². The summed E-state index contributed by atoms with van der Waals surface area (Å²) in [5.41, 5.74) is 1.34. The standard InChI is InChI=1S/C16H25N3O/c1-13(10-17-2)16(20)18-15-8-9-19(12-15)11-14-6-4-3-5-7-14/h3-7,13,15,17H,8-12H2,1-2H3,(H,18,20). The van der Waals surface area contributed by atoms with Gasteiger partial charge in [-0.25, -0.2) is 0 Å². The van der Waals surface area contributed by atoms with Gasteiger partial charge in [-0.1, -0.05) is 37.3 Å². The molecule has 1 aliphatic heterocycles. The quantitative estimate of drug-likeness (QED) is 0.821. The summed E-state index contributed by atoms with van der Waals surface area (Å²) in [5, 5.41) is 6.20. The Bertz CT molecular complexity index is 421. The van der Waals surface area contributed by atoms with Gasteiger partial charge >= 0.3 is 0 Å². The lowest BCUT2D eigenvalue weighted by molar-refractivity contribution is -0.125. The Morgan fingerprint density at radius 2 is 2.15 bits per heavy atom. The maximum Gasteiger partial charge on any atom is 0.224 e. The molecule has 4 heteroatoms. The highest BCUT2D eigenvalue weighted by Crippen LogP contribution is 2.13. The minimum Gasteiger partial charge on any atom is -0.352 e. The number of nitrogens with zero attached hydrogens (tertiary/aromatic N) is 1. The van der Waals surface area contributed by atoms with E-state index in [1.54, 1.807) is 0 Å². The summed E-state index contributed by atoms with van der Waals surface area (Å²) in [6.07, 6.45) is 1.05. The number of carbonyl (C=O) groups is 1. The van der Waals surface area contributed by atoms with Crippen LogP contribution in [0.15, 0.2) is 30.3 Å². The number of carbonyl (C=O) groups excluding carboxylic acids is 1. The molecule has 1 fully saturated rings. The van der Waals surface area contributed by atoms with E-state index in [1.165, 1.54) is 5.56 Å². The first-order chi connectivity index (χ1) is 9.69. The van der Waals surface area contributed by atoms with E-state index >= 15 is 0 Å². The molecule has 2 N–H and O–H groups in total. The van der Waals surface area contributed by atoms with Crippen LogP contribution >= 0.6 is 0 Å².